The van der Waals surface area contributed by atoms with Crippen LogP contribution in [0.1, 0.15) is 85.5 Å². The molecule has 2 aliphatic rings. The molecule has 2 fully saturated rings. The molecule has 0 bridgehead atoms. The second-order valence-electron chi connectivity index (χ2n) is 8.91. The van der Waals surface area contributed by atoms with Crippen molar-refractivity contribution < 1.29 is 0 Å². The van der Waals surface area contributed by atoms with Gasteiger partial charge in [0.05, 0.1) is 0 Å². The Bertz CT molecular complexity index is 268. The summed E-state index contributed by atoms with van der Waals surface area (Å²) in [5.41, 5.74) is 7.74. The lowest BCUT2D eigenvalue weighted by Crippen LogP contribution is -2.52. The molecule has 18 heavy (non-hydrogen) atoms. The van der Waals surface area contributed by atoms with Crippen LogP contribution in [0, 0.1) is 16.7 Å². The second kappa shape index (κ2) is 4.81. The van der Waals surface area contributed by atoms with Gasteiger partial charge in [0.25, 0.3) is 0 Å². The van der Waals surface area contributed by atoms with Crippen molar-refractivity contribution in [3.05, 3.63) is 0 Å². The van der Waals surface area contributed by atoms with E-state index in [-0.39, 0.29) is 5.54 Å². The molecule has 1 heteroatoms. The van der Waals surface area contributed by atoms with Crippen molar-refractivity contribution in [3.8, 4) is 0 Å². The fraction of sp³-hybridized carbons (Fsp3) is 1.00. The molecule has 106 valence electrons. The van der Waals surface area contributed by atoms with Gasteiger partial charge in [-0.3, -0.25) is 0 Å². The minimum Gasteiger partial charge on any atom is -0.325 e. The zero-order valence-corrected chi connectivity index (χ0v) is 13.0. The van der Waals surface area contributed by atoms with Gasteiger partial charge >= 0.3 is 0 Å². The third-order valence-corrected chi connectivity index (χ3v) is 5.14. The lowest BCUT2D eigenvalue weighted by atomic mass is 9.57. The Labute approximate surface area is 114 Å². The zero-order chi connectivity index (χ0) is 13.4. The van der Waals surface area contributed by atoms with E-state index >= 15 is 0 Å². The van der Waals surface area contributed by atoms with Gasteiger partial charge in [-0.15, -0.1) is 0 Å². The summed E-state index contributed by atoms with van der Waals surface area (Å²) in [6.07, 6.45) is 12.2. The van der Waals surface area contributed by atoms with Crippen LogP contribution in [-0.4, -0.2) is 5.54 Å². The maximum Gasteiger partial charge on any atom is 0.0164 e. The highest BCUT2D eigenvalue weighted by Crippen LogP contribution is 2.51. The van der Waals surface area contributed by atoms with E-state index in [0.29, 0.717) is 10.8 Å². The van der Waals surface area contributed by atoms with Crippen LogP contribution in [0.2, 0.25) is 0 Å². The Morgan fingerprint density at radius 1 is 0.889 bits per heavy atom. The molecule has 0 amide bonds. The van der Waals surface area contributed by atoms with Gasteiger partial charge in [0.2, 0.25) is 0 Å². The Morgan fingerprint density at radius 3 is 1.89 bits per heavy atom. The largest absolute Gasteiger partial charge is 0.325 e. The maximum atomic E-state index is 6.79. The molecule has 2 aliphatic carbocycles. The molecule has 0 aromatic carbocycles. The average Bonchev–Trinajstić information content (AvgIpc) is 2.60. The molecule has 2 N–H and O–H groups in total. The molecule has 1 nitrogen and oxygen atoms in total. The summed E-state index contributed by atoms with van der Waals surface area (Å²) in [5, 5.41) is 0. The van der Waals surface area contributed by atoms with Crippen LogP contribution in [0.15, 0.2) is 0 Å². The molecule has 2 saturated carbocycles. The summed E-state index contributed by atoms with van der Waals surface area (Å²) >= 11 is 0. The molecule has 2 rings (SSSR count). The van der Waals surface area contributed by atoms with E-state index in [1.165, 1.54) is 57.8 Å². The molecular weight excluding hydrogens is 218 g/mol. The summed E-state index contributed by atoms with van der Waals surface area (Å²) in [6.45, 7) is 9.63. The number of hydrogen-bond acceptors (Lipinski definition) is 1. The van der Waals surface area contributed by atoms with Gasteiger partial charge in [-0.05, 0) is 48.9 Å². The minimum atomic E-state index is 0.105. The van der Waals surface area contributed by atoms with E-state index in [2.05, 4.69) is 27.7 Å². The molecule has 0 aliphatic heterocycles. The first kappa shape index (κ1) is 14.4. The first-order valence-electron chi connectivity index (χ1n) is 7.99. The molecule has 0 aromatic rings. The smallest absolute Gasteiger partial charge is 0.0164 e. The van der Waals surface area contributed by atoms with E-state index in [9.17, 15) is 0 Å². The van der Waals surface area contributed by atoms with Crippen LogP contribution >= 0.6 is 0 Å². The molecule has 0 heterocycles. The maximum absolute atomic E-state index is 6.79. The highest BCUT2D eigenvalue weighted by atomic mass is 14.8. The summed E-state index contributed by atoms with van der Waals surface area (Å²) in [5.74, 6) is 0.985. The predicted octanol–water partition coefficient (Wildman–Crippen LogP) is 4.89. The molecule has 0 aromatic heterocycles. The van der Waals surface area contributed by atoms with E-state index in [4.69, 9.17) is 5.73 Å². The van der Waals surface area contributed by atoms with Gasteiger partial charge in [0.1, 0.15) is 0 Å². The van der Waals surface area contributed by atoms with E-state index in [1.807, 2.05) is 0 Å². The summed E-state index contributed by atoms with van der Waals surface area (Å²) in [7, 11) is 0. The van der Waals surface area contributed by atoms with Crippen LogP contribution in [0.4, 0.5) is 0 Å². The summed E-state index contributed by atoms with van der Waals surface area (Å²) < 4.78 is 0. The molecule has 0 spiro atoms. The van der Waals surface area contributed by atoms with Gasteiger partial charge in [-0.2, -0.15) is 0 Å². The van der Waals surface area contributed by atoms with Crippen molar-refractivity contribution in [2.45, 2.75) is 91.0 Å². The van der Waals surface area contributed by atoms with Crippen molar-refractivity contribution in [1.29, 1.82) is 0 Å². The summed E-state index contributed by atoms with van der Waals surface area (Å²) in [6, 6.07) is 0. The Balaban J connectivity index is 1.95. The predicted molar refractivity (Wildman–Crippen MR) is 79.5 cm³/mol. The average molecular weight is 251 g/mol. The van der Waals surface area contributed by atoms with Crippen LogP contribution in [0.5, 0.6) is 0 Å². The third-order valence-electron chi connectivity index (χ3n) is 5.14. The third kappa shape index (κ3) is 3.73. The van der Waals surface area contributed by atoms with Crippen molar-refractivity contribution in [2.24, 2.45) is 22.5 Å². The van der Waals surface area contributed by atoms with Crippen molar-refractivity contribution in [3.63, 3.8) is 0 Å². The van der Waals surface area contributed by atoms with Crippen molar-refractivity contribution >= 4 is 0 Å². The van der Waals surface area contributed by atoms with Crippen LogP contribution in [0.3, 0.4) is 0 Å². The molecule has 0 saturated heterocycles. The number of hydrogen-bond donors (Lipinski definition) is 1. The van der Waals surface area contributed by atoms with Gasteiger partial charge < -0.3 is 5.73 Å². The SMILES string of the molecule is CC1(C)CC(C)(C)CC(N)(CCC2CCCC2)C1. The Hall–Kier alpha value is -0.0400. The van der Waals surface area contributed by atoms with Crippen LogP contribution in [0.25, 0.3) is 0 Å². The minimum absolute atomic E-state index is 0.105. The van der Waals surface area contributed by atoms with Gasteiger partial charge in [-0.1, -0.05) is 53.4 Å². The highest BCUT2D eigenvalue weighted by Gasteiger charge is 2.45. The quantitative estimate of drug-likeness (QED) is 0.759. The fourth-order valence-corrected chi connectivity index (χ4v) is 5.36. The lowest BCUT2D eigenvalue weighted by Gasteiger charge is -2.51. The number of rotatable bonds is 3. The first-order chi connectivity index (χ1) is 8.20. The molecule has 0 radical (unpaired) electrons. The van der Waals surface area contributed by atoms with Crippen molar-refractivity contribution in [2.75, 3.05) is 0 Å². The monoisotopic (exact) mass is 251 g/mol. The van der Waals surface area contributed by atoms with Crippen LogP contribution in [-0.2, 0) is 0 Å². The van der Waals surface area contributed by atoms with Crippen molar-refractivity contribution in [1.82, 2.24) is 0 Å². The van der Waals surface area contributed by atoms with Gasteiger partial charge in [0, 0.05) is 5.54 Å². The Kier molecular flexibility index (Phi) is 3.84. The van der Waals surface area contributed by atoms with Crippen LogP contribution < -0.4 is 5.73 Å². The zero-order valence-electron chi connectivity index (χ0n) is 13.0. The Morgan fingerprint density at radius 2 is 1.39 bits per heavy atom. The van der Waals surface area contributed by atoms with E-state index < -0.39 is 0 Å². The van der Waals surface area contributed by atoms with Gasteiger partial charge in [0.15, 0.2) is 0 Å². The summed E-state index contributed by atoms with van der Waals surface area (Å²) in [4.78, 5) is 0. The lowest BCUT2D eigenvalue weighted by molar-refractivity contribution is 0.0413. The molecular formula is C17H33N. The number of nitrogens with two attached hydrogens (primary N) is 1. The first-order valence-corrected chi connectivity index (χ1v) is 7.99. The molecule has 0 atom stereocenters. The second-order valence-corrected chi connectivity index (χ2v) is 8.91. The fourth-order valence-electron chi connectivity index (χ4n) is 5.36. The van der Waals surface area contributed by atoms with Gasteiger partial charge in [-0.25, -0.2) is 0 Å². The highest BCUT2D eigenvalue weighted by molar-refractivity contribution is 5.00. The standard InChI is InChI=1S/C17H33N/c1-15(2)11-16(3,4)13-17(18,12-15)10-9-14-7-5-6-8-14/h14H,5-13,18H2,1-4H3. The normalized spacial score (nSPS) is 30.5. The molecule has 0 unspecified atom stereocenters. The van der Waals surface area contributed by atoms with E-state index in [1.54, 1.807) is 0 Å². The topological polar surface area (TPSA) is 26.0 Å². The van der Waals surface area contributed by atoms with E-state index in [0.717, 1.165) is 5.92 Å².